The molecule has 0 bridgehead atoms. The minimum absolute atomic E-state index is 0.155. The van der Waals surface area contributed by atoms with Crippen LogP contribution in [-0.4, -0.2) is 9.97 Å². The fraction of sp³-hybridized carbons (Fsp3) is 0.0769. The summed E-state index contributed by atoms with van der Waals surface area (Å²) in [7, 11) is 0. The zero-order valence-electron chi connectivity index (χ0n) is 8.84. The first-order valence-corrected chi connectivity index (χ1v) is 5.17. The highest BCUT2D eigenvalue weighted by atomic mass is 19.1. The molecule has 0 fully saturated rings. The summed E-state index contributed by atoms with van der Waals surface area (Å²) in [6.07, 6.45) is 3.68. The first kappa shape index (κ1) is 9.21. The molecule has 0 saturated heterocycles. The highest BCUT2D eigenvalue weighted by molar-refractivity contribution is 5.93. The number of nitrogens with one attached hydrogen (secondary N) is 2. The molecule has 1 aromatic carbocycles. The van der Waals surface area contributed by atoms with Gasteiger partial charge >= 0.3 is 0 Å². The van der Waals surface area contributed by atoms with Crippen LogP contribution in [0.15, 0.2) is 36.7 Å². The van der Waals surface area contributed by atoms with Crippen molar-refractivity contribution in [3.8, 4) is 11.1 Å². The number of benzene rings is 1. The number of rotatable bonds is 1. The minimum atomic E-state index is -0.155. The third kappa shape index (κ3) is 1.18. The average molecular weight is 214 g/mol. The van der Waals surface area contributed by atoms with E-state index in [0.29, 0.717) is 11.1 Å². The molecule has 0 spiro atoms. The molecule has 2 aromatic heterocycles. The van der Waals surface area contributed by atoms with Gasteiger partial charge in [-0.2, -0.15) is 0 Å². The van der Waals surface area contributed by atoms with Gasteiger partial charge in [0.25, 0.3) is 0 Å². The van der Waals surface area contributed by atoms with E-state index in [1.54, 1.807) is 19.1 Å². The molecular formula is C13H11FN2. The lowest BCUT2D eigenvalue weighted by Gasteiger charge is -2.03. The predicted octanol–water partition coefficient (Wildman–Crippen LogP) is 3.61. The van der Waals surface area contributed by atoms with Crippen molar-refractivity contribution in [3.63, 3.8) is 0 Å². The Balaban J connectivity index is 2.31. The number of H-pyrrole nitrogens is 2. The molecule has 80 valence electrons. The maximum Gasteiger partial charge on any atom is 0.134 e. The van der Waals surface area contributed by atoms with Gasteiger partial charge in [0, 0.05) is 23.5 Å². The summed E-state index contributed by atoms with van der Waals surface area (Å²) in [6, 6.07) is 7.38. The molecule has 0 aliphatic rings. The molecule has 0 atom stereocenters. The van der Waals surface area contributed by atoms with Crippen LogP contribution < -0.4 is 0 Å². The van der Waals surface area contributed by atoms with Crippen molar-refractivity contribution >= 4 is 11.0 Å². The van der Waals surface area contributed by atoms with Gasteiger partial charge in [0.2, 0.25) is 0 Å². The molecule has 0 aliphatic carbocycles. The van der Waals surface area contributed by atoms with Crippen molar-refractivity contribution in [2.45, 2.75) is 6.92 Å². The Morgan fingerprint density at radius 2 is 1.94 bits per heavy atom. The van der Waals surface area contributed by atoms with Crippen LogP contribution in [0.4, 0.5) is 4.39 Å². The molecular weight excluding hydrogens is 203 g/mol. The Morgan fingerprint density at radius 1 is 1.06 bits per heavy atom. The summed E-state index contributed by atoms with van der Waals surface area (Å²) >= 11 is 0. The SMILES string of the molecule is Cc1cccc(-c2c[nH]c3cc[nH]c23)c1F. The van der Waals surface area contributed by atoms with Crippen molar-refractivity contribution in [1.82, 2.24) is 9.97 Å². The van der Waals surface area contributed by atoms with E-state index in [-0.39, 0.29) is 5.82 Å². The summed E-state index contributed by atoms with van der Waals surface area (Å²) < 4.78 is 14.0. The van der Waals surface area contributed by atoms with Crippen LogP contribution in [0.1, 0.15) is 5.56 Å². The number of aromatic amines is 2. The fourth-order valence-corrected chi connectivity index (χ4v) is 2.00. The Kier molecular flexibility index (Phi) is 1.86. The van der Waals surface area contributed by atoms with Crippen LogP contribution >= 0.6 is 0 Å². The van der Waals surface area contributed by atoms with Gasteiger partial charge in [0.15, 0.2) is 0 Å². The second-order valence-corrected chi connectivity index (χ2v) is 3.91. The number of hydrogen-bond acceptors (Lipinski definition) is 0. The van der Waals surface area contributed by atoms with Crippen molar-refractivity contribution in [3.05, 3.63) is 48.0 Å². The highest BCUT2D eigenvalue weighted by Gasteiger charge is 2.12. The Bertz CT molecular complexity index is 649. The monoisotopic (exact) mass is 214 g/mol. The number of halogens is 1. The number of aryl methyl sites for hydroxylation is 1. The molecule has 0 saturated carbocycles. The second kappa shape index (κ2) is 3.23. The molecule has 3 heteroatoms. The highest BCUT2D eigenvalue weighted by Crippen LogP contribution is 2.30. The van der Waals surface area contributed by atoms with Crippen molar-refractivity contribution in [2.75, 3.05) is 0 Å². The molecule has 2 N–H and O–H groups in total. The molecule has 0 unspecified atom stereocenters. The zero-order chi connectivity index (χ0) is 11.1. The lowest BCUT2D eigenvalue weighted by molar-refractivity contribution is 0.622. The molecule has 2 heterocycles. The van der Waals surface area contributed by atoms with E-state index >= 15 is 0 Å². The molecule has 0 amide bonds. The molecule has 3 aromatic rings. The summed E-state index contributed by atoms with van der Waals surface area (Å²) in [5.41, 5.74) is 4.12. The summed E-state index contributed by atoms with van der Waals surface area (Å²) in [5, 5.41) is 0. The molecule has 0 aliphatic heterocycles. The smallest absolute Gasteiger partial charge is 0.134 e. The zero-order valence-corrected chi connectivity index (χ0v) is 8.84. The van der Waals surface area contributed by atoms with Gasteiger partial charge in [-0.1, -0.05) is 18.2 Å². The number of aromatic nitrogens is 2. The fourth-order valence-electron chi connectivity index (χ4n) is 2.00. The van der Waals surface area contributed by atoms with Crippen LogP contribution in [0.3, 0.4) is 0 Å². The standard InChI is InChI=1S/C13H11FN2/c1-8-3-2-4-9(12(8)14)10-7-16-11-5-6-15-13(10)11/h2-7,15-16H,1H3. The Morgan fingerprint density at radius 3 is 2.81 bits per heavy atom. The van der Waals surface area contributed by atoms with Crippen molar-refractivity contribution in [2.24, 2.45) is 0 Å². The largest absolute Gasteiger partial charge is 0.359 e. The van der Waals surface area contributed by atoms with E-state index in [1.165, 1.54) is 0 Å². The van der Waals surface area contributed by atoms with Gasteiger partial charge < -0.3 is 9.97 Å². The van der Waals surface area contributed by atoms with E-state index in [1.807, 2.05) is 24.5 Å². The van der Waals surface area contributed by atoms with Gasteiger partial charge in [0.1, 0.15) is 5.82 Å². The number of hydrogen-bond donors (Lipinski definition) is 2. The van der Waals surface area contributed by atoms with Gasteiger partial charge in [-0.3, -0.25) is 0 Å². The summed E-state index contributed by atoms with van der Waals surface area (Å²) in [6.45, 7) is 1.78. The molecule has 3 rings (SSSR count). The Labute approximate surface area is 92.1 Å². The third-order valence-corrected chi connectivity index (χ3v) is 2.87. The normalized spacial score (nSPS) is 11.1. The predicted molar refractivity (Wildman–Crippen MR) is 62.8 cm³/mol. The van der Waals surface area contributed by atoms with Crippen LogP contribution in [0.2, 0.25) is 0 Å². The van der Waals surface area contributed by atoms with Crippen LogP contribution in [-0.2, 0) is 0 Å². The molecule has 0 radical (unpaired) electrons. The quantitative estimate of drug-likeness (QED) is 0.620. The van der Waals surface area contributed by atoms with Crippen LogP contribution in [0.5, 0.6) is 0 Å². The Hall–Kier alpha value is -2.03. The minimum Gasteiger partial charge on any atom is -0.359 e. The molecule has 16 heavy (non-hydrogen) atoms. The molecule has 2 nitrogen and oxygen atoms in total. The first-order valence-electron chi connectivity index (χ1n) is 5.17. The maximum absolute atomic E-state index is 14.0. The van der Waals surface area contributed by atoms with Crippen LogP contribution in [0.25, 0.3) is 22.2 Å². The number of fused-ring (bicyclic) bond motifs is 1. The van der Waals surface area contributed by atoms with E-state index in [4.69, 9.17) is 0 Å². The van der Waals surface area contributed by atoms with Crippen molar-refractivity contribution in [1.29, 1.82) is 0 Å². The van der Waals surface area contributed by atoms with Gasteiger partial charge in [-0.15, -0.1) is 0 Å². The second-order valence-electron chi connectivity index (χ2n) is 3.91. The van der Waals surface area contributed by atoms with E-state index in [0.717, 1.165) is 16.6 Å². The van der Waals surface area contributed by atoms with E-state index in [9.17, 15) is 4.39 Å². The van der Waals surface area contributed by atoms with Gasteiger partial charge in [0.05, 0.1) is 11.0 Å². The van der Waals surface area contributed by atoms with Crippen molar-refractivity contribution < 1.29 is 4.39 Å². The topological polar surface area (TPSA) is 31.6 Å². The van der Waals surface area contributed by atoms with Gasteiger partial charge in [-0.25, -0.2) is 4.39 Å². The maximum atomic E-state index is 14.0. The lowest BCUT2D eigenvalue weighted by Crippen LogP contribution is -1.87. The average Bonchev–Trinajstić information content (AvgIpc) is 2.84. The third-order valence-electron chi connectivity index (χ3n) is 2.87. The summed E-state index contributed by atoms with van der Waals surface area (Å²) in [4.78, 5) is 6.23. The van der Waals surface area contributed by atoms with Gasteiger partial charge in [-0.05, 0) is 18.6 Å². The summed E-state index contributed by atoms with van der Waals surface area (Å²) in [5.74, 6) is -0.155. The van der Waals surface area contributed by atoms with E-state index < -0.39 is 0 Å². The van der Waals surface area contributed by atoms with Crippen LogP contribution in [0, 0.1) is 12.7 Å². The lowest BCUT2D eigenvalue weighted by atomic mass is 10.0. The van der Waals surface area contributed by atoms with E-state index in [2.05, 4.69) is 9.97 Å². The first-order chi connectivity index (χ1) is 7.77.